The van der Waals surface area contributed by atoms with Crippen molar-refractivity contribution in [2.24, 2.45) is 0 Å². The zero-order valence-electron chi connectivity index (χ0n) is 10.7. The Kier molecular flexibility index (Phi) is 3.48. The lowest BCUT2D eigenvalue weighted by Gasteiger charge is -2.11. The van der Waals surface area contributed by atoms with Gasteiger partial charge in [-0.25, -0.2) is 14.4 Å². The highest BCUT2D eigenvalue weighted by molar-refractivity contribution is 9.10. The van der Waals surface area contributed by atoms with E-state index >= 15 is 0 Å². The minimum Gasteiger partial charge on any atom is -0.351 e. The third-order valence-electron chi connectivity index (χ3n) is 2.81. The van der Waals surface area contributed by atoms with E-state index < -0.39 is 27.3 Å². The van der Waals surface area contributed by atoms with Crippen molar-refractivity contribution < 1.29 is 30.2 Å². The van der Waals surface area contributed by atoms with E-state index in [1.807, 2.05) is 0 Å². The minimum atomic E-state index is -5.93. The Bertz CT molecular complexity index is 1030. The number of fused-ring (bicyclic) bond motifs is 3. The van der Waals surface area contributed by atoms with Crippen molar-refractivity contribution in [2.75, 3.05) is 0 Å². The van der Waals surface area contributed by atoms with E-state index in [0.29, 0.717) is 0 Å². The maximum absolute atomic E-state index is 14.2. The number of halogens is 5. The smallest absolute Gasteiger partial charge is 0.351 e. The molecule has 0 N–H and O–H groups in total. The standard InChI is InChI=1S/C11H4BrF4N3O3S/c12-5-1-2-6-8(7(5)13)19-4-3-17-9(19)10(18-6)22-23(20,21)11(14,15)16/h1-4H. The van der Waals surface area contributed by atoms with Crippen molar-refractivity contribution in [3.05, 3.63) is 34.8 Å². The first-order chi connectivity index (χ1) is 10.6. The van der Waals surface area contributed by atoms with E-state index in [1.165, 1.54) is 18.3 Å². The lowest BCUT2D eigenvalue weighted by molar-refractivity contribution is -0.0500. The fourth-order valence-electron chi connectivity index (χ4n) is 1.86. The van der Waals surface area contributed by atoms with Crippen LogP contribution in [0.25, 0.3) is 16.7 Å². The number of benzene rings is 1. The molecule has 0 aliphatic carbocycles. The summed E-state index contributed by atoms with van der Waals surface area (Å²) in [6.07, 6.45) is 2.38. The van der Waals surface area contributed by atoms with E-state index in [9.17, 15) is 26.0 Å². The monoisotopic (exact) mass is 413 g/mol. The largest absolute Gasteiger partial charge is 0.534 e. The number of nitrogens with zero attached hydrogens (tertiary/aromatic N) is 3. The Balaban J connectivity index is 2.31. The van der Waals surface area contributed by atoms with Gasteiger partial charge in [0, 0.05) is 12.4 Å². The van der Waals surface area contributed by atoms with E-state index in [-0.39, 0.29) is 21.2 Å². The molecule has 0 atom stereocenters. The summed E-state index contributed by atoms with van der Waals surface area (Å²) in [7, 11) is -5.93. The number of imidazole rings is 1. The number of aromatic nitrogens is 3. The third-order valence-corrected chi connectivity index (χ3v) is 4.37. The highest BCUT2D eigenvalue weighted by atomic mass is 79.9. The molecule has 0 radical (unpaired) electrons. The van der Waals surface area contributed by atoms with Crippen molar-refractivity contribution >= 4 is 42.7 Å². The molecule has 2 aromatic heterocycles. The van der Waals surface area contributed by atoms with Crippen LogP contribution in [-0.4, -0.2) is 28.3 Å². The third kappa shape index (κ3) is 2.51. The summed E-state index contributed by atoms with van der Waals surface area (Å²) in [5, 5.41) is 0. The summed E-state index contributed by atoms with van der Waals surface area (Å²) in [5.74, 6) is -1.63. The van der Waals surface area contributed by atoms with Gasteiger partial charge in [0.15, 0.2) is 5.82 Å². The highest BCUT2D eigenvalue weighted by Gasteiger charge is 2.49. The first-order valence-corrected chi connectivity index (χ1v) is 7.93. The summed E-state index contributed by atoms with van der Waals surface area (Å²) >= 11 is 2.97. The maximum atomic E-state index is 14.2. The van der Waals surface area contributed by atoms with Gasteiger partial charge in [0.1, 0.15) is 5.52 Å². The summed E-state index contributed by atoms with van der Waals surface area (Å²) in [5.41, 5.74) is -6.20. The molecule has 0 fully saturated rings. The van der Waals surface area contributed by atoms with E-state index in [4.69, 9.17) is 0 Å². The number of rotatable bonds is 2. The van der Waals surface area contributed by atoms with E-state index in [0.717, 1.165) is 10.6 Å². The Morgan fingerprint density at radius 2 is 1.96 bits per heavy atom. The van der Waals surface area contributed by atoms with Gasteiger partial charge in [-0.1, -0.05) is 0 Å². The van der Waals surface area contributed by atoms with Crippen LogP contribution in [0.15, 0.2) is 29.0 Å². The molecule has 0 aliphatic heterocycles. The van der Waals surface area contributed by atoms with Crippen LogP contribution in [0.3, 0.4) is 0 Å². The Morgan fingerprint density at radius 3 is 2.61 bits per heavy atom. The first-order valence-electron chi connectivity index (χ1n) is 5.73. The van der Waals surface area contributed by atoms with Gasteiger partial charge in [0.25, 0.3) is 5.88 Å². The number of hydrogen-bond donors (Lipinski definition) is 0. The van der Waals surface area contributed by atoms with Gasteiger partial charge in [-0.3, -0.25) is 4.40 Å². The van der Waals surface area contributed by atoms with Crippen LogP contribution in [0.2, 0.25) is 0 Å². The molecule has 0 saturated carbocycles. The molecule has 12 heteroatoms. The molecule has 122 valence electrons. The summed E-state index contributed by atoms with van der Waals surface area (Å²) in [6.45, 7) is 0. The van der Waals surface area contributed by atoms with Crippen LogP contribution < -0.4 is 4.18 Å². The van der Waals surface area contributed by atoms with Gasteiger partial charge in [0.2, 0.25) is 5.65 Å². The van der Waals surface area contributed by atoms with Crippen LogP contribution in [0, 0.1) is 5.82 Å². The van der Waals surface area contributed by atoms with Crippen LogP contribution >= 0.6 is 15.9 Å². The van der Waals surface area contributed by atoms with Crippen molar-refractivity contribution in [3.8, 4) is 5.88 Å². The lowest BCUT2D eigenvalue weighted by atomic mass is 10.3. The summed E-state index contributed by atoms with van der Waals surface area (Å²) in [6, 6.07) is 2.56. The Morgan fingerprint density at radius 1 is 1.26 bits per heavy atom. The maximum Gasteiger partial charge on any atom is 0.534 e. The molecular weight excluding hydrogens is 410 g/mol. The first kappa shape index (κ1) is 15.9. The second kappa shape index (κ2) is 5.03. The normalized spacial score (nSPS) is 12.9. The van der Waals surface area contributed by atoms with Crippen LogP contribution in [-0.2, 0) is 10.1 Å². The van der Waals surface area contributed by atoms with Gasteiger partial charge in [-0.15, -0.1) is 0 Å². The second-order valence-electron chi connectivity index (χ2n) is 4.25. The predicted molar refractivity (Wildman–Crippen MR) is 73.8 cm³/mol. The minimum absolute atomic E-state index is 0.0939. The average Bonchev–Trinajstić information content (AvgIpc) is 2.91. The molecule has 3 rings (SSSR count). The molecule has 23 heavy (non-hydrogen) atoms. The average molecular weight is 414 g/mol. The molecule has 3 aromatic rings. The Hall–Kier alpha value is -1.95. The topological polar surface area (TPSA) is 73.6 Å². The number of alkyl halides is 3. The quantitative estimate of drug-likeness (QED) is 0.366. The molecule has 1 aromatic carbocycles. The van der Waals surface area contributed by atoms with Gasteiger partial charge >= 0.3 is 15.6 Å². The fourth-order valence-corrected chi connectivity index (χ4v) is 2.59. The van der Waals surface area contributed by atoms with Crippen LogP contribution in [0.1, 0.15) is 0 Å². The Labute approximate surface area is 134 Å². The molecule has 0 spiro atoms. The van der Waals surface area contributed by atoms with Crippen molar-refractivity contribution in [1.29, 1.82) is 0 Å². The molecule has 0 aliphatic rings. The molecule has 0 saturated heterocycles. The van der Waals surface area contributed by atoms with Gasteiger partial charge < -0.3 is 4.18 Å². The number of hydrogen-bond acceptors (Lipinski definition) is 5. The molecule has 0 unspecified atom stereocenters. The molecule has 2 heterocycles. The predicted octanol–water partition coefficient (Wildman–Crippen LogP) is 3.01. The fraction of sp³-hybridized carbons (Fsp3) is 0.0909. The van der Waals surface area contributed by atoms with Crippen molar-refractivity contribution in [3.63, 3.8) is 0 Å². The lowest BCUT2D eigenvalue weighted by Crippen LogP contribution is -2.28. The van der Waals surface area contributed by atoms with Crippen LogP contribution in [0.5, 0.6) is 5.88 Å². The van der Waals surface area contributed by atoms with Gasteiger partial charge in [-0.05, 0) is 28.1 Å². The second-order valence-corrected chi connectivity index (χ2v) is 6.64. The van der Waals surface area contributed by atoms with E-state index in [1.54, 1.807) is 0 Å². The van der Waals surface area contributed by atoms with E-state index in [2.05, 4.69) is 30.1 Å². The molecule has 6 nitrogen and oxygen atoms in total. The summed E-state index contributed by atoms with van der Waals surface area (Å²) in [4.78, 5) is 7.30. The molecular formula is C11H4BrF4N3O3S. The zero-order chi connectivity index (χ0) is 17.0. The van der Waals surface area contributed by atoms with Crippen molar-refractivity contribution in [1.82, 2.24) is 14.4 Å². The highest BCUT2D eigenvalue weighted by Crippen LogP contribution is 2.31. The SMILES string of the molecule is O=S(=O)(Oc1nc2ccc(Br)c(F)c2n2ccnc12)C(F)(F)F. The van der Waals surface area contributed by atoms with Crippen LogP contribution in [0.4, 0.5) is 17.6 Å². The summed E-state index contributed by atoms with van der Waals surface area (Å²) < 4.78 is 79.0. The zero-order valence-corrected chi connectivity index (χ0v) is 13.1. The van der Waals surface area contributed by atoms with Crippen molar-refractivity contribution in [2.45, 2.75) is 5.51 Å². The van der Waals surface area contributed by atoms with Gasteiger partial charge in [-0.2, -0.15) is 21.6 Å². The molecule has 0 bridgehead atoms. The van der Waals surface area contributed by atoms with Gasteiger partial charge in [0.05, 0.1) is 9.99 Å². The molecule has 0 amide bonds.